The molecule has 0 bridgehead atoms. The maximum atomic E-state index is 13.6. The number of aliphatic hydroxyl groups is 2. The molecule has 1 rings (SSSR count). The van der Waals surface area contributed by atoms with Gasteiger partial charge in [0.25, 0.3) is 0 Å². The topological polar surface area (TPSA) is 200 Å². The molecule has 0 saturated carbocycles. The molecule has 17 atom stereocenters. The summed E-state index contributed by atoms with van der Waals surface area (Å²) in [4.78, 5) is 69.3. The summed E-state index contributed by atoms with van der Waals surface area (Å²) in [6, 6.07) is -1.23. The van der Waals surface area contributed by atoms with E-state index in [1.165, 1.54) is 25.0 Å². The van der Waals surface area contributed by atoms with E-state index < -0.39 is 90.3 Å². The number of rotatable bonds is 23. The third kappa shape index (κ3) is 25.1. The number of aliphatic hydroxyl groups excluding tert-OH is 2. The number of carbonyl (C=O) groups is 5. The molecule has 0 fully saturated rings. The van der Waals surface area contributed by atoms with Gasteiger partial charge in [-0.25, -0.2) is 4.79 Å². The number of methoxy groups -OCH3 is 3. The Balaban J connectivity index is 3.70. The highest BCUT2D eigenvalue weighted by atomic mass is 16.6. The average molecular weight is 1080 g/mol. The lowest BCUT2D eigenvalue weighted by Crippen LogP contribution is -2.44. The lowest BCUT2D eigenvalue weighted by molar-refractivity contribution is -0.166. The molecule has 1 aliphatic heterocycles. The SMILES string of the molecule is COCC(C(=O)OC1C/C=C/C=C/C(=O)O[C@H]([C@@H](C)[C@@H](O)[C@@H](C)CC[C@@H](OC(=O)C(C)N(C)C)[C@H](C)[C@H](OC(C)=O)[C@H](C)/C=C/N(C)C=O)C/C=C/C(OC)CC(C)C/C=C(\C)C(OC)CCC(C)C(O)C1C)N(C)C. The molecular weight excluding hydrogens is 975 g/mol. The number of nitrogens with zero attached hydrogens (tertiary/aromatic N) is 3. The Morgan fingerprint density at radius 1 is 0.868 bits per heavy atom. The first-order chi connectivity index (χ1) is 35.7. The van der Waals surface area contributed by atoms with Crippen LogP contribution in [0.3, 0.4) is 0 Å². The Labute approximate surface area is 457 Å². The van der Waals surface area contributed by atoms with Crippen molar-refractivity contribution in [1.29, 1.82) is 0 Å². The Kier molecular flexibility index (Phi) is 33.8. The van der Waals surface area contributed by atoms with Crippen molar-refractivity contribution >= 4 is 30.3 Å². The van der Waals surface area contributed by atoms with Crippen LogP contribution in [0.2, 0.25) is 0 Å². The first kappa shape index (κ1) is 69.8. The van der Waals surface area contributed by atoms with E-state index in [4.69, 9.17) is 33.2 Å². The zero-order chi connectivity index (χ0) is 57.8. The predicted octanol–water partition coefficient (Wildman–Crippen LogP) is 7.74. The zero-order valence-corrected chi connectivity index (χ0v) is 49.6. The highest BCUT2D eigenvalue weighted by Gasteiger charge is 2.38. The maximum Gasteiger partial charge on any atom is 0.331 e. The van der Waals surface area contributed by atoms with Crippen LogP contribution in [0, 0.1) is 41.4 Å². The van der Waals surface area contributed by atoms with E-state index in [9.17, 15) is 34.2 Å². The molecule has 436 valence electrons. The molecule has 0 radical (unpaired) electrons. The largest absolute Gasteiger partial charge is 0.462 e. The van der Waals surface area contributed by atoms with Crippen molar-refractivity contribution in [2.75, 3.05) is 63.2 Å². The van der Waals surface area contributed by atoms with Crippen LogP contribution in [0.25, 0.3) is 0 Å². The monoisotopic (exact) mass is 1080 g/mol. The molecule has 17 nitrogen and oxygen atoms in total. The number of hydrogen-bond donors (Lipinski definition) is 2. The minimum Gasteiger partial charge on any atom is -0.462 e. The zero-order valence-electron chi connectivity index (χ0n) is 49.6. The fourth-order valence-electron chi connectivity index (χ4n) is 9.39. The molecule has 9 unspecified atom stereocenters. The molecule has 2 N–H and O–H groups in total. The summed E-state index contributed by atoms with van der Waals surface area (Å²) in [7, 11) is 13.6. The highest BCUT2D eigenvalue weighted by molar-refractivity contribution is 5.82. The van der Waals surface area contributed by atoms with Crippen LogP contribution < -0.4 is 0 Å². The Hall–Kier alpha value is -4.23. The standard InChI is InChI=1S/C59H101N3O14/c1-38-27-28-39(2)50(72-18)31-29-40(3)56(67)44(7)52(76-59(69)49(36-70-16)61(13)14)24-20-19-21-26-54(65)74-51(25-22-23-48(35-38)71-17)43(6)55(66)41(4)30-32-53(75-58(68)46(9)60(11)12)45(8)57(73-47(10)64)42(5)33-34-62(15)37-63/h19-23,26,28,33-34,37-38,40-46,48-53,55-57,66-67H,24-25,27,29-32,35-36H2,1-18H3/b20-19+,23-22+,26-21+,34-33+,39-28+/t38?,40?,41-,42+,43+,44?,45-,46?,48?,49?,50?,51-,52?,53+,55-,56?,57+/m0/s1. The first-order valence-corrected chi connectivity index (χ1v) is 27.3. The van der Waals surface area contributed by atoms with Gasteiger partial charge in [-0.2, -0.15) is 0 Å². The number of hydrogen-bond acceptors (Lipinski definition) is 16. The second-order valence-corrected chi connectivity index (χ2v) is 21.9. The Morgan fingerprint density at radius 3 is 2.12 bits per heavy atom. The Bertz CT molecular complexity index is 1870. The van der Waals surface area contributed by atoms with Crippen LogP contribution >= 0.6 is 0 Å². The van der Waals surface area contributed by atoms with Gasteiger partial charge in [0, 0.05) is 84.1 Å². The van der Waals surface area contributed by atoms with Crippen molar-refractivity contribution in [3.8, 4) is 0 Å². The van der Waals surface area contributed by atoms with Crippen LogP contribution in [0.15, 0.2) is 60.4 Å². The fourth-order valence-corrected chi connectivity index (χ4v) is 9.39. The van der Waals surface area contributed by atoms with Gasteiger partial charge in [-0.05, 0) is 104 Å². The van der Waals surface area contributed by atoms with Crippen molar-refractivity contribution in [2.24, 2.45) is 41.4 Å². The first-order valence-electron chi connectivity index (χ1n) is 27.3. The number of ether oxygens (including phenoxy) is 7. The molecular formula is C59H101N3O14. The van der Waals surface area contributed by atoms with Crippen LogP contribution in [0.1, 0.15) is 121 Å². The molecule has 0 spiro atoms. The van der Waals surface area contributed by atoms with Gasteiger partial charge in [0.05, 0.1) is 31.0 Å². The van der Waals surface area contributed by atoms with Crippen LogP contribution in [0.4, 0.5) is 0 Å². The summed E-state index contributed by atoms with van der Waals surface area (Å²) in [5.74, 6) is -4.21. The lowest BCUT2D eigenvalue weighted by Gasteiger charge is -2.35. The van der Waals surface area contributed by atoms with E-state index in [0.29, 0.717) is 32.1 Å². The van der Waals surface area contributed by atoms with E-state index >= 15 is 0 Å². The van der Waals surface area contributed by atoms with Gasteiger partial charge in [-0.1, -0.05) is 91.0 Å². The summed E-state index contributed by atoms with van der Waals surface area (Å²) in [5, 5.41) is 23.8. The molecule has 0 aliphatic carbocycles. The van der Waals surface area contributed by atoms with Gasteiger partial charge in [-0.3, -0.25) is 29.0 Å². The fraction of sp³-hybridized carbons (Fsp3) is 0.746. The second kappa shape index (κ2) is 36.8. The highest BCUT2D eigenvalue weighted by Crippen LogP contribution is 2.32. The van der Waals surface area contributed by atoms with Gasteiger partial charge >= 0.3 is 23.9 Å². The van der Waals surface area contributed by atoms with Crippen molar-refractivity contribution in [3.63, 3.8) is 0 Å². The van der Waals surface area contributed by atoms with E-state index in [-0.39, 0.29) is 55.3 Å². The molecule has 76 heavy (non-hydrogen) atoms. The molecule has 0 aromatic heterocycles. The van der Waals surface area contributed by atoms with E-state index in [2.05, 4.69) is 19.9 Å². The smallest absolute Gasteiger partial charge is 0.331 e. The lowest BCUT2D eigenvalue weighted by atomic mass is 9.82. The van der Waals surface area contributed by atoms with E-state index in [1.54, 1.807) is 96.7 Å². The average Bonchev–Trinajstić information content (AvgIpc) is 3.38. The molecule has 17 heteroatoms. The number of likely N-dealkylation sites (N-methyl/N-ethyl adjacent to an activating group) is 2. The molecule has 0 saturated heterocycles. The van der Waals surface area contributed by atoms with Crippen LogP contribution in [-0.2, 0) is 57.1 Å². The molecule has 0 aromatic carbocycles. The van der Waals surface area contributed by atoms with Gasteiger partial charge < -0.3 is 48.3 Å². The summed E-state index contributed by atoms with van der Waals surface area (Å²) in [6.07, 6.45) is 15.5. The normalized spacial score (nSPS) is 28.6. The molecule has 1 heterocycles. The summed E-state index contributed by atoms with van der Waals surface area (Å²) in [5.41, 5.74) is 1.10. The van der Waals surface area contributed by atoms with Crippen molar-refractivity contribution in [2.45, 2.75) is 182 Å². The van der Waals surface area contributed by atoms with E-state index in [0.717, 1.165) is 18.4 Å². The Morgan fingerprint density at radius 2 is 1.54 bits per heavy atom. The second-order valence-electron chi connectivity index (χ2n) is 21.9. The number of carbonyl (C=O) groups excluding carboxylic acids is 5. The van der Waals surface area contributed by atoms with Gasteiger partial charge in [0.15, 0.2) is 0 Å². The molecule has 1 aliphatic rings. The number of esters is 4. The van der Waals surface area contributed by atoms with Crippen molar-refractivity contribution in [3.05, 3.63) is 60.4 Å². The summed E-state index contributed by atoms with van der Waals surface area (Å²) < 4.78 is 41.5. The van der Waals surface area contributed by atoms with Gasteiger partial charge in [-0.15, -0.1) is 0 Å². The van der Waals surface area contributed by atoms with Gasteiger partial charge in [0.1, 0.15) is 36.5 Å². The molecule has 1 amide bonds. The van der Waals surface area contributed by atoms with Crippen LogP contribution in [0.5, 0.6) is 0 Å². The summed E-state index contributed by atoms with van der Waals surface area (Å²) in [6.45, 7) is 18.8. The van der Waals surface area contributed by atoms with Crippen molar-refractivity contribution < 1.29 is 67.3 Å². The van der Waals surface area contributed by atoms with Gasteiger partial charge in [0.2, 0.25) is 6.41 Å². The predicted molar refractivity (Wildman–Crippen MR) is 297 cm³/mol. The third-order valence-corrected chi connectivity index (χ3v) is 15.2. The van der Waals surface area contributed by atoms with Crippen molar-refractivity contribution in [1.82, 2.24) is 14.7 Å². The van der Waals surface area contributed by atoms with Crippen LogP contribution in [-0.4, -0.2) is 179 Å². The number of cyclic esters (lactones) is 1. The number of amides is 1. The number of allylic oxidation sites excluding steroid dienone is 3. The third-order valence-electron chi connectivity index (χ3n) is 15.2. The minimum atomic E-state index is -0.973. The quantitative estimate of drug-likeness (QED) is 0.0435. The minimum absolute atomic E-state index is 0.129. The maximum absolute atomic E-state index is 13.6. The summed E-state index contributed by atoms with van der Waals surface area (Å²) >= 11 is 0. The molecule has 0 aromatic rings. The van der Waals surface area contributed by atoms with E-state index in [1.807, 2.05) is 53.7 Å².